The number of benzene rings is 4. The number of amides is 1. The normalized spacial score (nSPS) is 15.5. The second-order valence-corrected chi connectivity index (χ2v) is 8.29. The molecule has 0 radical (unpaired) electrons. The largest absolute Gasteiger partial charge is 0.491 e. The highest BCUT2D eigenvalue weighted by Crippen LogP contribution is 2.28. The Bertz CT molecular complexity index is 1230. The van der Waals surface area contributed by atoms with Crippen molar-refractivity contribution in [2.45, 2.75) is 19.0 Å². The summed E-state index contributed by atoms with van der Waals surface area (Å²) in [7, 11) is 0. The number of carbonyl (C=O) groups excluding carboxylic acids is 1. The molecular formula is C27H22ClNO2. The fraction of sp³-hybridized carbons (Fsp3) is 0.148. The van der Waals surface area contributed by atoms with Gasteiger partial charge in [0.15, 0.2) is 0 Å². The van der Waals surface area contributed by atoms with E-state index in [1.54, 1.807) is 0 Å². The van der Waals surface area contributed by atoms with E-state index in [0.29, 0.717) is 18.2 Å². The monoisotopic (exact) mass is 427 g/mol. The molecule has 1 atom stereocenters. The minimum absolute atomic E-state index is 0.0380. The fourth-order valence-corrected chi connectivity index (χ4v) is 4.39. The molecule has 4 heteroatoms. The van der Waals surface area contributed by atoms with Crippen molar-refractivity contribution in [1.29, 1.82) is 0 Å². The first kappa shape index (κ1) is 19.7. The van der Waals surface area contributed by atoms with E-state index in [1.807, 2.05) is 77.7 Å². The van der Waals surface area contributed by atoms with Crippen molar-refractivity contribution in [3.05, 3.63) is 113 Å². The maximum Gasteiger partial charge on any atom is 0.255 e. The van der Waals surface area contributed by atoms with Crippen LogP contribution < -0.4 is 4.74 Å². The van der Waals surface area contributed by atoms with Gasteiger partial charge in [0, 0.05) is 17.1 Å². The first-order valence-corrected chi connectivity index (χ1v) is 10.8. The van der Waals surface area contributed by atoms with Crippen molar-refractivity contribution in [2.24, 2.45) is 0 Å². The van der Waals surface area contributed by atoms with Crippen LogP contribution in [0.5, 0.6) is 5.75 Å². The summed E-state index contributed by atoms with van der Waals surface area (Å²) in [4.78, 5) is 15.7. The molecule has 0 aliphatic carbocycles. The average Bonchev–Trinajstić information content (AvgIpc) is 2.82. The van der Waals surface area contributed by atoms with Crippen LogP contribution in [0.3, 0.4) is 0 Å². The Morgan fingerprint density at radius 3 is 2.42 bits per heavy atom. The van der Waals surface area contributed by atoms with Crippen molar-refractivity contribution in [1.82, 2.24) is 4.90 Å². The van der Waals surface area contributed by atoms with Gasteiger partial charge in [-0.25, -0.2) is 0 Å². The molecule has 154 valence electrons. The molecule has 0 spiro atoms. The Labute approximate surface area is 186 Å². The minimum atomic E-state index is -0.0583. The molecule has 1 aliphatic rings. The van der Waals surface area contributed by atoms with Crippen molar-refractivity contribution in [3.63, 3.8) is 0 Å². The van der Waals surface area contributed by atoms with Crippen LogP contribution >= 0.6 is 11.6 Å². The van der Waals surface area contributed by atoms with Crippen molar-refractivity contribution >= 4 is 28.3 Å². The van der Waals surface area contributed by atoms with E-state index in [4.69, 9.17) is 16.3 Å². The lowest BCUT2D eigenvalue weighted by molar-refractivity contribution is 0.0568. The van der Waals surface area contributed by atoms with Crippen LogP contribution in [0.2, 0.25) is 5.02 Å². The molecule has 4 aromatic carbocycles. The zero-order valence-corrected chi connectivity index (χ0v) is 17.8. The fourth-order valence-electron chi connectivity index (χ4n) is 4.26. The lowest BCUT2D eigenvalue weighted by atomic mass is 9.93. The second-order valence-electron chi connectivity index (χ2n) is 7.85. The van der Waals surface area contributed by atoms with Gasteiger partial charge in [-0.2, -0.15) is 0 Å². The van der Waals surface area contributed by atoms with Gasteiger partial charge in [0.1, 0.15) is 12.4 Å². The standard InChI is InChI=1S/C27H22ClNO2/c28-22-12-14-24(15-13-22)31-18-23-16-20-7-1-2-8-21(20)17-29(23)27(30)26-11-5-9-19-6-3-4-10-25(19)26/h1-15,23H,16-18H2/t23-/m0/s1. The van der Waals surface area contributed by atoms with E-state index in [9.17, 15) is 4.79 Å². The Balaban J connectivity index is 1.47. The highest BCUT2D eigenvalue weighted by atomic mass is 35.5. The summed E-state index contributed by atoms with van der Waals surface area (Å²) in [5.41, 5.74) is 3.20. The van der Waals surface area contributed by atoms with Gasteiger partial charge >= 0.3 is 0 Å². The van der Waals surface area contributed by atoms with Crippen LogP contribution in [-0.2, 0) is 13.0 Å². The zero-order chi connectivity index (χ0) is 21.2. The summed E-state index contributed by atoms with van der Waals surface area (Å²) < 4.78 is 6.07. The lowest BCUT2D eigenvalue weighted by Gasteiger charge is -2.37. The van der Waals surface area contributed by atoms with Gasteiger partial charge < -0.3 is 9.64 Å². The van der Waals surface area contributed by atoms with E-state index in [0.717, 1.165) is 28.5 Å². The Hall–Kier alpha value is -3.30. The van der Waals surface area contributed by atoms with Gasteiger partial charge in [-0.1, -0.05) is 72.3 Å². The van der Waals surface area contributed by atoms with E-state index in [-0.39, 0.29) is 11.9 Å². The summed E-state index contributed by atoms with van der Waals surface area (Å²) in [6, 6.07) is 29.6. The van der Waals surface area contributed by atoms with Crippen molar-refractivity contribution in [3.8, 4) is 5.75 Å². The van der Waals surface area contributed by atoms with Gasteiger partial charge in [0.25, 0.3) is 5.91 Å². The molecule has 5 rings (SSSR count). The highest BCUT2D eigenvalue weighted by Gasteiger charge is 2.31. The number of halogens is 1. The topological polar surface area (TPSA) is 29.5 Å². The summed E-state index contributed by atoms with van der Waals surface area (Å²) in [5.74, 6) is 0.789. The molecule has 0 aromatic heterocycles. The van der Waals surface area contributed by atoms with Gasteiger partial charge in [-0.3, -0.25) is 4.79 Å². The van der Waals surface area contributed by atoms with E-state index in [1.165, 1.54) is 11.1 Å². The molecule has 0 bridgehead atoms. The molecule has 0 N–H and O–H groups in total. The third-order valence-electron chi connectivity index (χ3n) is 5.89. The molecule has 3 nitrogen and oxygen atoms in total. The van der Waals surface area contributed by atoms with E-state index < -0.39 is 0 Å². The Morgan fingerprint density at radius 2 is 1.58 bits per heavy atom. The maximum absolute atomic E-state index is 13.7. The number of fused-ring (bicyclic) bond motifs is 2. The number of hydrogen-bond donors (Lipinski definition) is 0. The third-order valence-corrected chi connectivity index (χ3v) is 6.14. The smallest absolute Gasteiger partial charge is 0.255 e. The van der Waals surface area contributed by atoms with E-state index in [2.05, 4.69) is 18.2 Å². The van der Waals surface area contributed by atoms with Crippen LogP contribution in [0.25, 0.3) is 10.8 Å². The highest BCUT2D eigenvalue weighted by molar-refractivity contribution is 6.30. The summed E-state index contributed by atoms with van der Waals surface area (Å²) >= 11 is 5.99. The SMILES string of the molecule is O=C(c1cccc2ccccc12)N1Cc2ccccc2C[C@H]1COc1ccc(Cl)cc1. The molecule has 0 fully saturated rings. The Kier molecular flexibility index (Phi) is 5.35. The molecule has 31 heavy (non-hydrogen) atoms. The van der Waals surface area contributed by atoms with Crippen molar-refractivity contribution in [2.75, 3.05) is 6.61 Å². The van der Waals surface area contributed by atoms with Crippen LogP contribution in [0, 0.1) is 0 Å². The average molecular weight is 428 g/mol. The van der Waals surface area contributed by atoms with Gasteiger partial charge in [-0.15, -0.1) is 0 Å². The van der Waals surface area contributed by atoms with Crippen LogP contribution in [0.4, 0.5) is 0 Å². The molecule has 4 aromatic rings. The predicted octanol–water partition coefficient (Wildman–Crippen LogP) is 6.14. The number of rotatable bonds is 4. The third kappa shape index (κ3) is 4.01. The Morgan fingerprint density at radius 1 is 0.871 bits per heavy atom. The summed E-state index contributed by atoms with van der Waals surface area (Å²) in [6.45, 7) is 0.999. The van der Waals surface area contributed by atoms with Crippen LogP contribution in [-0.4, -0.2) is 23.5 Å². The van der Waals surface area contributed by atoms with E-state index >= 15 is 0 Å². The first-order valence-electron chi connectivity index (χ1n) is 10.4. The molecule has 1 heterocycles. The van der Waals surface area contributed by atoms with Crippen molar-refractivity contribution < 1.29 is 9.53 Å². The van der Waals surface area contributed by atoms with Gasteiger partial charge in [0.05, 0.1) is 6.04 Å². The molecule has 1 aliphatic heterocycles. The zero-order valence-electron chi connectivity index (χ0n) is 17.0. The maximum atomic E-state index is 13.7. The molecule has 0 unspecified atom stereocenters. The molecular weight excluding hydrogens is 406 g/mol. The predicted molar refractivity (Wildman–Crippen MR) is 125 cm³/mol. The van der Waals surface area contributed by atoms with Gasteiger partial charge in [-0.05, 0) is 58.7 Å². The first-order chi connectivity index (χ1) is 15.2. The molecule has 0 saturated heterocycles. The summed E-state index contributed by atoms with van der Waals surface area (Å²) in [6.07, 6.45) is 0.764. The number of hydrogen-bond acceptors (Lipinski definition) is 2. The second kappa shape index (κ2) is 8.44. The van der Waals surface area contributed by atoms with Gasteiger partial charge in [0.2, 0.25) is 0 Å². The minimum Gasteiger partial charge on any atom is -0.491 e. The molecule has 1 amide bonds. The van der Waals surface area contributed by atoms with Crippen LogP contribution in [0.1, 0.15) is 21.5 Å². The number of ether oxygens (including phenoxy) is 1. The number of nitrogens with zero attached hydrogens (tertiary/aromatic N) is 1. The summed E-state index contributed by atoms with van der Waals surface area (Å²) in [5, 5.41) is 2.72. The lowest BCUT2D eigenvalue weighted by Crippen LogP contribution is -2.47. The van der Waals surface area contributed by atoms with Crippen LogP contribution in [0.15, 0.2) is 91.0 Å². The quantitative estimate of drug-likeness (QED) is 0.391. The number of carbonyl (C=O) groups is 1. The molecule has 0 saturated carbocycles.